The fourth-order valence-electron chi connectivity index (χ4n) is 1.25. The fraction of sp³-hybridized carbons (Fsp3) is 1.00. The zero-order valence-electron chi connectivity index (χ0n) is 9.32. The van der Waals surface area contributed by atoms with Crippen LogP contribution < -0.4 is 0 Å². The van der Waals surface area contributed by atoms with Crippen LogP contribution in [-0.2, 0) is 8.23 Å². The zero-order valence-corrected chi connectivity index (χ0v) is 12.3. The van der Waals surface area contributed by atoms with E-state index in [4.69, 9.17) is 8.23 Å². The van der Waals surface area contributed by atoms with Gasteiger partial charge in [0.05, 0.1) is 0 Å². The van der Waals surface area contributed by atoms with Crippen molar-refractivity contribution in [3.63, 3.8) is 0 Å². The molecule has 0 fully saturated rings. The van der Waals surface area contributed by atoms with Gasteiger partial charge in [-0.15, -0.1) is 0 Å². The van der Waals surface area contributed by atoms with Crippen molar-refractivity contribution in [2.24, 2.45) is 0 Å². The molecule has 0 saturated carbocycles. The Hall–Kier alpha value is 0.571. The van der Waals surface area contributed by atoms with Crippen LogP contribution in [0.4, 0.5) is 0 Å². The Kier molecular flexibility index (Phi) is 4.39. The minimum absolute atomic E-state index is 0.604. The molecule has 0 N–H and O–H groups in total. The maximum absolute atomic E-state index is 6.02. The highest BCUT2D eigenvalue weighted by molar-refractivity contribution is 6.83. The van der Waals surface area contributed by atoms with Gasteiger partial charge in [0.1, 0.15) is 0 Å². The highest BCUT2D eigenvalue weighted by Crippen LogP contribution is 2.15. The maximum Gasteiger partial charge on any atom is 0.311 e. The average Bonchev–Trinajstić information content (AvgIpc) is 1.48. The summed E-state index contributed by atoms with van der Waals surface area (Å²) >= 11 is 0. The molecule has 0 aromatic carbocycles. The molecule has 0 heterocycles. The van der Waals surface area contributed by atoms with E-state index in [9.17, 15) is 0 Å². The smallest absolute Gasteiger partial charge is 0.311 e. The second-order valence-electron chi connectivity index (χ2n) is 4.62. The molecule has 0 amide bonds. The first-order chi connectivity index (χ1) is 5.12. The minimum Gasteiger partial charge on any atom is -0.437 e. The van der Waals surface area contributed by atoms with Crippen molar-refractivity contribution in [2.75, 3.05) is 0 Å². The lowest BCUT2D eigenvalue weighted by molar-refractivity contribution is 0.405. The van der Waals surface area contributed by atoms with Gasteiger partial charge in [0.15, 0.2) is 17.4 Å². The Bertz CT molecular complexity index is 140. The highest BCUT2D eigenvalue weighted by atomic mass is 28.5. The molecule has 0 unspecified atom stereocenters. The van der Waals surface area contributed by atoms with E-state index in [0.717, 1.165) is 0 Å². The highest BCUT2D eigenvalue weighted by Gasteiger charge is 2.32. The molecule has 0 atom stereocenters. The summed E-state index contributed by atoms with van der Waals surface area (Å²) in [6.45, 7) is 15.2. The predicted octanol–water partition coefficient (Wildman–Crippen LogP) is 2.81. The zero-order chi connectivity index (χ0) is 9.99. The first kappa shape index (κ1) is 12.6. The third kappa shape index (κ3) is 7.23. The van der Waals surface area contributed by atoms with Gasteiger partial charge in [0.25, 0.3) is 0 Å². The Balaban J connectivity index is 4.04. The summed E-state index contributed by atoms with van der Waals surface area (Å²) < 4.78 is 11.9. The number of hydrogen-bond acceptors (Lipinski definition) is 2. The van der Waals surface area contributed by atoms with Crippen molar-refractivity contribution in [3.8, 4) is 0 Å². The van der Waals surface area contributed by atoms with Crippen LogP contribution in [0.1, 0.15) is 0 Å². The van der Waals surface area contributed by atoms with Crippen molar-refractivity contribution in [3.05, 3.63) is 0 Å². The lowest BCUT2D eigenvalue weighted by atomic mass is 11.8. The standard InChI is InChI=1S/C7H21O2Si3/c1-10(2)8-12(6,7)9-11(3,4)5/h1-7H3. The van der Waals surface area contributed by atoms with Crippen LogP contribution in [-0.4, -0.2) is 25.9 Å². The van der Waals surface area contributed by atoms with Crippen molar-refractivity contribution < 1.29 is 8.23 Å². The SMILES string of the molecule is C[Si](C)O[Si](C)(C)O[Si](C)(C)C. The third-order valence-corrected chi connectivity index (χ3v) is 9.02. The Morgan fingerprint density at radius 1 is 0.917 bits per heavy atom. The van der Waals surface area contributed by atoms with Crippen molar-refractivity contribution in [2.45, 2.75) is 45.8 Å². The molecule has 0 bridgehead atoms. The number of rotatable bonds is 4. The molecule has 0 spiro atoms. The van der Waals surface area contributed by atoms with E-state index in [0.29, 0.717) is 0 Å². The monoisotopic (exact) mass is 221 g/mol. The van der Waals surface area contributed by atoms with E-state index in [2.05, 4.69) is 45.8 Å². The Morgan fingerprint density at radius 2 is 1.33 bits per heavy atom. The van der Waals surface area contributed by atoms with Gasteiger partial charge in [0, 0.05) is 0 Å². The first-order valence-electron chi connectivity index (χ1n) is 4.32. The molecule has 0 rings (SSSR count). The van der Waals surface area contributed by atoms with Gasteiger partial charge < -0.3 is 8.23 Å². The molecule has 1 radical (unpaired) electrons. The maximum atomic E-state index is 6.02. The molecule has 0 aliphatic carbocycles. The summed E-state index contributed by atoms with van der Waals surface area (Å²) in [6, 6.07) is 0. The molecule has 0 aromatic rings. The van der Waals surface area contributed by atoms with Gasteiger partial charge >= 0.3 is 8.56 Å². The van der Waals surface area contributed by atoms with Crippen LogP contribution in [0.25, 0.3) is 0 Å². The van der Waals surface area contributed by atoms with Gasteiger partial charge in [0.2, 0.25) is 0 Å². The van der Waals surface area contributed by atoms with E-state index in [-0.39, 0.29) is 0 Å². The summed E-state index contributed by atoms with van der Waals surface area (Å²) in [5.74, 6) is 0. The largest absolute Gasteiger partial charge is 0.437 e. The Labute approximate surface area is 80.4 Å². The van der Waals surface area contributed by atoms with Gasteiger partial charge in [-0.3, -0.25) is 0 Å². The lowest BCUT2D eigenvalue weighted by Crippen LogP contribution is -2.46. The van der Waals surface area contributed by atoms with E-state index < -0.39 is 25.9 Å². The van der Waals surface area contributed by atoms with Gasteiger partial charge in [-0.1, -0.05) is 0 Å². The lowest BCUT2D eigenvalue weighted by Gasteiger charge is -2.32. The normalized spacial score (nSPS) is 14.0. The van der Waals surface area contributed by atoms with Crippen molar-refractivity contribution in [1.29, 1.82) is 0 Å². The molecule has 0 saturated heterocycles. The van der Waals surface area contributed by atoms with Crippen molar-refractivity contribution in [1.82, 2.24) is 0 Å². The molecular formula is C7H21O2Si3. The molecule has 73 valence electrons. The van der Waals surface area contributed by atoms with E-state index in [1.807, 2.05) is 0 Å². The molecule has 0 aliphatic heterocycles. The predicted molar refractivity (Wildman–Crippen MR) is 60.5 cm³/mol. The van der Waals surface area contributed by atoms with E-state index >= 15 is 0 Å². The first-order valence-corrected chi connectivity index (χ1v) is 12.9. The van der Waals surface area contributed by atoms with Crippen LogP contribution in [0.5, 0.6) is 0 Å². The summed E-state index contributed by atoms with van der Waals surface area (Å²) in [4.78, 5) is 0. The average molecular weight is 222 g/mol. The van der Waals surface area contributed by atoms with Crippen LogP contribution in [0, 0.1) is 0 Å². The summed E-state index contributed by atoms with van der Waals surface area (Å²) in [6.07, 6.45) is 0. The minimum atomic E-state index is -1.79. The summed E-state index contributed by atoms with van der Waals surface area (Å²) in [5, 5.41) is 0. The molecule has 0 aromatic heterocycles. The molecule has 12 heavy (non-hydrogen) atoms. The van der Waals surface area contributed by atoms with Gasteiger partial charge in [-0.2, -0.15) is 0 Å². The summed E-state index contributed by atoms with van der Waals surface area (Å²) in [5.41, 5.74) is 0. The second-order valence-corrected chi connectivity index (χ2v) is 15.1. The van der Waals surface area contributed by atoms with Gasteiger partial charge in [-0.05, 0) is 45.8 Å². The quantitative estimate of drug-likeness (QED) is 0.680. The van der Waals surface area contributed by atoms with E-state index in [1.54, 1.807) is 0 Å². The summed E-state index contributed by atoms with van der Waals surface area (Å²) in [7, 11) is -3.81. The molecule has 5 heteroatoms. The molecular weight excluding hydrogens is 200 g/mol. The van der Waals surface area contributed by atoms with Crippen LogP contribution >= 0.6 is 0 Å². The van der Waals surface area contributed by atoms with E-state index in [1.165, 1.54) is 0 Å². The topological polar surface area (TPSA) is 18.5 Å². The van der Waals surface area contributed by atoms with Crippen LogP contribution in [0.3, 0.4) is 0 Å². The van der Waals surface area contributed by atoms with Gasteiger partial charge in [-0.25, -0.2) is 0 Å². The molecule has 0 aliphatic rings. The number of hydrogen-bond donors (Lipinski definition) is 0. The van der Waals surface area contributed by atoms with Crippen LogP contribution in [0.15, 0.2) is 0 Å². The molecule has 2 nitrogen and oxygen atoms in total. The van der Waals surface area contributed by atoms with Crippen LogP contribution in [0.2, 0.25) is 45.8 Å². The Morgan fingerprint density at radius 3 is 1.58 bits per heavy atom. The second kappa shape index (κ2) is 4.19. The van der Waals surface area contributed by atoms with Crippen molar-refractivity contribution >= 4 is 25.9 Å². The third-order valence-electron chi connectivity index (χ3n) is 1.00. The fourth-order valence-corrected chi connectivity index (χ4v) is 11.6.